The number of hydrogen-bond donors (Lipinski definition) is 1. The van der Waals surface area contributed by atoms with Gasteiger partial charge in [-0.05, 0) is 54.5 Å². The SMILES string of the molecule is CCCNc1nc(-c2cnccc2C)nc(C)c1I. The highest BCUT2D eigenvalue weighted by atomic mass is 127. The van der Waals surface area contributed by atoms with Crippen molar-refractivity contribution in [3.63, 3.8) is 0 Å². The molecule has 0 aromatic carbocycles. The lowest BCUT2D eigenvalue weighted by Crippen LogP contribution is -2.08. The molecule has 0 aliphatic heterocycles. The number of anilines is 1. The zero-order valence-electron chi connectivity index (χ0n) is 11.4. The van der Waals surface area contributed by atoms with Gasteiger partial charge in [-0.3, -0.25) is 4.98 Å². The molecule has 4 nitrogen and oxygen atoms in total. The molecule has 2 aromatic heterocycles. The van der Waals surface area contributed by atoms with Crippen molar-refractivity contribution < 1.29 is 0 Å². The van der Waals surface area contributed by atoms with E-state index in [1.807, 2.05) is 26.1 Å². The van der Waals surface area contributed by atoms with Crippen molar-refractivity contribution in [2.45, 2.75) is 27.2 Å². The minimum Gasteiger partial charge on any atom is -0.369 e. The first kappa shape index (κ1) is 14.2. The third-order valence-electron chi connectivity index (χ3n) is 2.84. The average Bonchev–Trinajstić information content (AvgIpc) is 2.41. The third kappa shape index (κ3) is 3.20. The van der Waals surface area contributed by atoms with E-state index in [1.54, 1.807) is 6.20 Å². The molecule has 0 aliphatic carbocycles. The minimum atomic E-state index is 0.738. The first-order valence-corrected chi connectivity index (χ1v) is 7.40. The Kier molecular flexibility index (Phi) is 4.68. The van der Waals surface area contributed by atoms with Crippen molar-refractivity contribution in [1.82, 2.24) is 15.0 Å². The molecule has 0 bridgehead atoms. The smallest absolute Gasteiger partial charge is 0.163 e. The average molecular weight is 368 g/mol. The highest BCUT2D eigenvalue weighted by Gasteiger charge is 2.12. The molecule has 0 saturated heterocycles. The predicted octanol–water partition coefficient (Wildman–Crippen LogP) is 3.58. The maximum absolute atomic E-state index is 4.63. The fourth-order valence-electron chi connectivity index (χ4n) is 1.74. The first-order valence-electron chi connectivity index (χ1n) is 6.32. The van der Waals surface area contributed by atoms with Crippen LogP contribution in [-0.2, 0) is 0 Å². The summed E-state index contributed by atoms with van der Waals surface area (Å²) in [6.07, 6.45) is 4.68. The number of pyridine rings is 1. The van der Waals surface area contributed by atoms with Crippen LogP contribution in [0.15, 0.2) is 18.5 Å². The van der Waals surface area contributed by atoms with Gasteiger partial charge in [0.2, 0.25) is 0 Å². The molecule has 2 rings (SSSR count). The summed E-state index contributed by atoms with van der Waals surface area (Å²) in [5, 5.41) is 3.35. The van der Waals surface area contributed by atoms with E-state index in [0.717, 1.165) is 45.0 Å². The first-order chi connectivity index (χ1) is 9.13. The Hall–Kier alpha value is -1.24. The molecule has 0 saturated carbocycles. The van der Waals surface area contributed by atoms with Gasteiger partial charge in [-0.2, -0.15) is 0 Å². The van der Waals surface area contributed by atoms with Gasteiger partial charge in [0.25, 0.3) is 0 Å². The summed E-state index contributed by atoms with van der Waals surface area (Å²) >= 11 is 2.29. The number of aromatic nitrogens is 3. The standard InChI is InChI=1S/C14H17IN4/c1-4-6-17-14-12(15)10(3)18-13(19-14)11-8-16-7-5-9(11)2/h5,7-8H,4,6H2,1-3H3,(H,17,18,19). The summed E-state index contributed by atoms with van der Waals surface area (Å²) < 4.78 is 1.08. The van der Waals surface area contributed by atoms with Crippen LogP contribution in [0.1, 0.15) is 24.6 Å². The number of halogens is 1. The van der Waals surface area contributed by atoms with Crippen LogP contribution in [0.5, 0.6) is 0 Å². The van der Waals surface area contributed by atoms with Gasteiger partial charge in [-0.1, -0.05) is 6.92 Å². The molecule has 0 spiro atoms. The van der Waals surface area contributed by atoms with Gasteiger partial charge in [0, 0.05) is 24.5 Å². The largest absolute Gasteiger partial charge is 0.369 e. The topological polar surface area (TPSA) is 50.7 Å². The van der Waals surface area contributed by atoms with Gasteiger partial charge in [0.15, 0.2) is 5.82 Å². The van der Waals surface area contributed by atoms with Gasteiger partial charge in [0.1, 0.15) is 5.82 Å². The fourth-order valence-corrected chi connectivity index (χ4v) is 2.17. The van der Waals surface area contributed by atoms with Crippen LogP contribution in [0.4, 0.5) is 5.82 Å². The highest BCUT2D eigenvalue weighted by Crippen LogP contribution is 2.24. The second-order valence-corrected chi connectivity index (χ2v) is 5.49. The second-order valence-electron chi connectivity index (χ2n) is 4.41. The Morgan fingerprint density at radius 3 is 2.74 bits per heavy atom. The van der Waals surface area contributed by atoms with E-state index in [2.05, 4.69) is 49.8 Å². The molecule has 2 heterocycles. The van der Waals surface area contributed by atoms with E-state index in [4.69, 9.17) is 0 Å². The lowest BCUT2D eigenvalue weighted by atomic mass is 10.1. The normalized spacial score (nSPS) is 10.5. The van der Waals surface area contributed by atoms with E-state index < -0.39 is 0 Å². The maximum Gasteiger partial charge on any atom is 0.163 e. The predicted molar refractivity (Wildman–Crippen MR) is 86.2 cm³/mol. The molecular weight excluding hydrogens is 351 g/mol. The van der Waals surface area contributed by atoms with Crippen LogP contribution in [0.3, 0.4) is 0 Å². The lowest BCUT2D eigenvalue weighted by molar-refractivity contribution is 0.957. The fraction of sp³-hybridized carbons (Fsp3) is 0.357. The van der Waals surface area contributed by atoms with Crippen molar-refractivity contribution in [3.8, 4) is 11.4 Å². The Morgan fingerprint density at radius 2 is 2.05 bits per heavy atom. The number of nitrogens with one attached hydrogen (secondary N) is 1. The lowest BCUT2D eigenvalue weighted by Gasteiger charge is -2.11. The molecule has 0 radical (unpaired) electrons. The van der Waals surface area contributed by atoms with Crippen molar-refractivity contribution in [2.24, 2.45) is 0 Å². The van der Waals surface area contributed by atoms with Crippen LogP contribution in [0.2, 0.25) is 0 Å². The Bertz CT molecular complexity index is 584. The number of aryl methyl sites for hydroxylation is 2. The van der Waals surface area contributed by atoms with Crippen LogP contribution >= 0.6 is 22.6 Å². The molecule has 0 aliphatic rings. The number of rotatable bonds is 4. The Labute approximate surface area is 127 Å². The molecule has 100 valence electrons. The van der Waals surface area contributed by atoms with E-state index in [0.29, 0.717) is 0 Å². The van der Waals surface area contributed by atoms with Crippen molar-refractivity contribution in [3.05, 3.63) is 33.3 Å². The summed E-state index contributed by atoms with van der Waals surface area (Å²) in [5.41, 5.74) is 3.12. The monoisotopic (exact) mass is 368 g/mol. The van der Waals surface area contributed by atoms with Gasteiger partial charge < -0.3 is 5.32 Å². The zero-order valence-corrected chi connectivity index (χ0v) is 13.5. The van der Waals surface area contributed by atoms with E-state index >= 15 is 0 Å². The summed E-state index contributed by atoms with van der Waals surface area (Å²) in [6.45, 7) is 7.11. The van der Waals surface area contributed by atoms with Gasteiger partial charge in [-0.15, -0.1) is 0 Å². The van der Waals surface area contributed by atoms with Gasteiger partial charge in [-0.25, -0.2) is 9.97 Å². The number of nitrogens with zero attached hydrogens (tertiary/aromatic N) is 3. The summed E-state index contributed by atoms with van der Waals surface area (Å²) in [7, 11) is 0. The van der Waals surface area contributed by atoms with Gasteiger partial charge in [0.05, 0.1) is 9.26 Å². The molecule has 5 heteroatoms. The quantitative estimate of drug-likeness (QED) is 0.839. The third-order valence-corrected chi connectivity index (χ3v) is 4.13. The second kappa shape index (κ2) is 6.27. The molecule has 1 N–H and O–H groups in total. The van der Waals surface area contributed by atoms with Crippen molar-refractivity contribution in [1.29, 1.82) is 0 Å². The maximum atomic E-state index is 4.63. The molecule has 2 aromatic rings. The zero-order chi connectivity index (χ0) is 13.8. The van der Waals surface area contributed by atoms with Crippen molar-refractivity contribution in [2.75, 3.05) is 11.9 Å². The van der Waals surface area contributed by atoms with E-state index in [1.165, 1.54) is 0 Å². The van der Waals surface area contributed by atoms with Crippen LogP contribution in [0, 0.1) is 17.4 Å². The molecule has 0 unspecified atom stereocenters. The number of hydrogen-bond acceptors (Lipinski definition) is 4. The van der Waals surface area contributed by atoms with Crippen LogP contribution in [0.25, 0.3) is 11.4 Å². The molecular formula is C14H17IN4. The van der Waals surface area contributed by atoms with E-state index in [9.17, 15) is 0 Å². The Balaban J connectivity index is 2.47. The van der Waals surface area contributed by atoms with Crippen molar-refractivity contribution >= 4 is 28.4 Å². The molecule has 0 atom stereocenters. The Morgan fingerprint density at radius 1 is 1.26 bits per heavy atom. The van der Waals surface area contributed by atoms with Crippen LogP contribution in [-0.4, -0.2) is 21.5 Å². The summed E-state index contributed by atoms with van der Waals surface area (Å²) in [6, 6.07) is 1.98. The molecule has 0 amide bonds. The van der Waals surface area contributed by atoms with Crippen LogP contribution < -0.4 is 5.32 Å². The summed E-state index contributed by atoms with van der Waals surface area (Å²) in [5.74, 6) is 1.65. The van der Waals surface area contributed by atoms with Gasteiger partial charge >= 0.3 is 0 Å². The highest BCUT2D eigenvalue weighted by molar-refractivity contribution is 14.1. The molecule has 0 fully saturated rings. The van der Waals surface area contributed by atoms with E-state index in [-0.39, 0.29) is 0 Å². The minimum absolute atomic E-state index is 0.738. The molecule has 19 heavy (non-hydrogen) atoms. The summed E-state index contributed by atoms with van der Waals surface area (Å²) in [4.78, 5) is 13.4.